The summed E-state index contributed by atoms with van der Waals surface area (Å²) < 4.78 is 31.5. The van der Waals surface area contributed by atoms with E-state index in [-0.39, 0.29) is 18.0 Å². The van der Waals surface area contributed by atoms with E-state index in [1.165, 1.54) is 6.20 Å². The maximum Gasteiger partial charge on any atom is 0.341 e. The van der Waals surface area contributed by atoms with Crippen LogP contribution >= 0.6 is 15.9 Å². The minimum atomic E-state index is -2.92. The zero-order chi connectivity index (χ0) is 15.4. The number of pyridine rings is 1. The molecule has 0 aliphatic carbocycles. The van der Waals surface area contributed by atoms with E-state index in [1.807, 2.05) is 0 Å². The van der Waals surface area contributed by atoms with Crippen LogP contribution in [0.15, 0.2) is 29.0 Å². The second kappa shape index (κ2) is 6.66. The van der Waals surface area contributed by atoms with Gasteiger partial charge < -0.3 is 4.74 Å². The predicted molar refractivity (Wildman–Crippen MR) is 73.9 cm³/mol. The Morgan fingerprint density at radius 1 is 1.43 bits per heavy atom. The first-order valence-electron chi connectivity index (χ1n) is 5.97. The first-order valence-corrected chi connectivity index (χ1v) is 6.77. The van der Waals surface area contributed by atoms with Crippen molar-refractivity contribution in [1.29, 1.82) is 0 Å². The number of alkyl halides is 2. The quantitative estimate of drug-likeness (QED) is 0.784. The Kier molecular flexibility index (Phi) is 4.89. The summed E-state index contributed by atoms with van der Waals surface area (Å²) in [5, 5.41) is 0. The number of esters is 1. The lowest BCUT2D eigenvalue weighted by molar-refractivity contribution is 0.0513. The molecule has 0 N–H and O–H groups in total. The van der Waals surface area contributed by atoms with Gasteiger partial charge in [-0.2, -0.15) is 0 Å². The molecular weight excluding hydrogens is 348 g/mol. The number of carbonyl (C=O) groups excluding carboxylic acids is 1. The zero-order valence-electron chi connectivity index (χ0n) is 10.9. The molecule has 5 nitrogen and oxygen atoms in total. The summed E-state index contributed by atoms with van der Waals surface area (Å²) in [5.41, 5.74) is -0.700. The number of aromatic nitrogens is 3. The number of rotatable bonds is 4. The maximum absolute atomic E-state index is 13.1. The van der Waals surface area contributed by atoms with Gasteiger partial charge in [-0.15, -0.1) is 0 Å². The van der Waals surface area contributed by atoms with E-state index in [4.69, 9.17) is 4.74 Å². The molecule has 21 heavy (non-hydrogen) atoms. The summed E-state index contributed by atoms with van der Waals surface area (Å²) in [6, 6.07) is 3.36. The second-order valence-corrected chi connectivity index (χ2v) is 4.70. The van der Waals surface area contributed by atoms with Gasteiger partial charge in [0.05, 0.1) is 6.61 Å². The Morgan fingerprint density at radius 3 is 2.81 bits per heavy atom. The first kappa shape index (κ1) is 15.4. The van der Waals surface area contributed by atoms with Crippen molar-refractivity contribution >= 4 is 21.9 Å². The van der Waals surface area contributed by atoms with E-state index in [1.54, 1.807) is 19.1 Å². The normalized spacial score (nSPS) is 10.7. The Hall–Kier alpha value is -1.96. The molecule has 0 bridgehead atoms. The van der Waals surface area contributed by atoms with Crippen molar-refractivity contribution in [3.05, 3.63) is 40.3 Å². The van der Waals surface area contributed by atoms with E-state index >= 15 is 0 Å². The minimum Gasteiger partial charge on any atom is -0.462 e. The minimum absolute atomic E-state index is 0.00539. The third-order valence-electron chi connectivity index (χ3n) is 2.49. The van der Waals surface area contributed by atoms with Crippen LogP contribution in [0.3, 0.4) is 0 Å². The average molecular weight is 358 g/mol. The van der Waals surface area contributed by atoms with Gasteiger partial charge in [-0.25, -0.2) is 23.5 Å². The summed E-state index contributed by atoms with van der Waals surface area (Å²) in [4.78, 5) is 23.3. The van der Waals surface area contributed by atoms with Crippen LogP contribution in [-0.2, 0) is 4.74 Å². The number of nitrogens with zero attached hydrogens (tertiary/aromatic N) is 3. The van der Waals surface area contributed by atoms with Gasteiger partial charge in [0.25, 0.3) is 6.43 Å². The summed E-state index contributed by atoms with van der Waals surface area (Å²) in [7, 11) is 0. The highest BCUT2D eigenvalue weighted by Gasteiger charge is 2.23. The molecule has 0 spiro atoms. The summed E-state index contributed by atoms with van der Waals surface area (Å²) in [5.74, 6) is -0.870. The molecule has 2 rings (SSSR count). The molecule has 2 aromatic heterocycles. The van der Waals surface area contributed by atoms with Crippen molar-refractivity contribution in [2.45, 2.75) is 13.3 Å². The predicted octanol–water partition coefficient (Wildman–Crippen LogP) is 3.42. The third-order valence-corrected chi connectivity index (χ3v) is 3.13. The lowest BCUT2D eigenvalue weighted by Crippen LogP contribution is -2.12. The van der Waals surface area contributed by atoms with Crippen molar-refractivity contribution in [1.82, 2.24) is 15.0 Å². The van der Waals surface area contributed by atoms with E-state index in [2.05, 4.69) is 30.9 Å². The fraction of sp³-hybridized carbons (Fsp3) is 0.231. The van der Waals surface area contributed by atoms with Gasteiger partial charge in [0.1, 0.15) is 17.0 Å². The molecule has 0 aliphatic heterocycles. The van der Waals surface area contributed by atoms with Crippen LogP contribution in [0.25, 0.3) is 11.5 Å². The smallest absolute Gasteiger partial charge is 0.341 e. The largest absolute Gasteiger partial charge is 0.462 e. The molecule has 0 saturated heterocycles. The van der Waals surface area contributed by atoms with Gasteiger partial charge >= 0.3 is 5.97 Å². The summed E-state index contributed by atoms with van der Waals surface area (Å²) in [6.07, 6.45) is -0.401. The molecule has 2 aromatic rings. The topological polar surface area (TPSA) is 65.0 Å². The van der Waals surface area contributed by atoms with Crippen molar-refractivity contribution in [3.63, 3.8) is 0 Å². The molecule has 0 unspecified atom stereocenters. The van der Waals surface area contributed by atoms with E-state index in [0.717, 1.165) is 6.20 Å². The van der Waals surface area contributed by atoms with Crippen molar-refractivity contribution in [3.8, 4) is 11.5 Å². The Labute approximate surface area is 127 Å². The number of ether oxygens (including phenoxy) is 1. The molecule has 0 amide bonds. The molecular formula is C13H10BrF2N3O2. The second-order valence-electron chi connectivity index (χ2n) is 3.85. The van der Waals surface area contributed by atoms with Crippen molar-refractivity contribution in [2.24, 2.45) is 0 Å². The zero-order valence-corrected chi connectivity index (χ0v) is 12.5. The summed E-state index contributed by atoms with van der Waals surface area (Å²) >= 11 is 3.25. The van der Waals surface area contributed by atoms with Gasteiger partial charge in [-0.1, -0.05) is 0 Å². The third kappa shape index (κ3) is 3.38. The van der Waals surface area contributed by atoms with Gasteiger partial charge in [0.2, 0.25) is 0 Å². The first-order chi connectivity index (χ1) is 10.0. The van der Waals surface area contributed by atoms with Crippen LogP contribution in [-0.4, -0.2) is 27.5 Å². The number of carbonyl (C=O) groups is 1. The molecule has 0 fully saturated rings. The fourth-order valence-electron chi connectivity index (χ4n) is 1.59. The Bertz CT molecular complexity index is 668. The van der Waals surface area contributed by atoms with E-state index in [0.29, 0.717) is 10.2 Å². The van der Waals surface area contributed by atoms with Crippen LogP contribution in [0.5, 0.6) is 0 Å². The molecule has 0 saturated carbocycles. The van der Waals surface area contributed by atoms with Gasteiger partial charge in [-0.05, 0) is 35.0 Å². The van der Waals surface area contributed by atoms with Crippen LogP contribution in [0.1, 0.15) is 29.4 Å². The van der Waals surface area contributed by atoms with Crippen LogP contribution in [0, 0.1) is 0 Å². The van der Waals surface area contributed by atoms with E-state index < -0.39 is 18.1 Å². The number of halogens is 3. The standard InChI is InChI=1S/C13H10BrF2N3O2/c1-2-21-13(20)7-6-18-12(19-9(7)11(15)16)10-8(14)4-3-5-17-10/h3-6,11H,2H2,1H3. The monoisotopic (exact) mass is 357 g/mol. The highest BCUT2D eigenvalue weighted by Crippen LogP contribution is 2.27. The fourth-order valence-corrected chi connectivity index (χ4v) is 2.02. The Balaban J connectivity index is 2.51. The lowest BCUT2D eigenvalue weighted by atomic mass is 10.2. The van der Waals surface area contributed by atoms with Crippen LogP contribution in [0.2, 0.25) is 0 Å². The molecule has 0 aromatic carbocycles. The lowest BCUT2D eigenvalue weighted by Gasteiger charge is -2.09. The molecule has 0 aliphatic rings. The number of hydrogen-bond donors (Lipinski definition) is 0. The van der Waals surface area contributed by atoms with E-state index in [9.17, 15) is 13.6 Å². The van der Waals surface area contributed by atoms with Crippen molar-refractivity contribution in [2.75, 3.05) is 6.61 Å². The highest BCUT2D eigenvalue weighted by atomic mass is 79.9. The molecule has 110 valence electrons. The molecule has 0 radical (unpaired) electrons. The van der Waals surface area contributed by atoms with Crippen LogP contribution < -0.4 is 0 Å². The summed E-state index contributed by atoms with van der Waals surface area (Å²) in [6.45, 7) is 1.66. The van der Waals surface area contributed by atoms with Gasteiger partial charge in [0.15, 0.2) is 5.82 Å². The number of hydrogen-bond acceptors (Lipinski definition) is 5. The maximum atomic E-state index is 13.1. The SMILES string of the molecule is CCOC(=O)c1cnc(-c2ncccc2Br)nc1C(F)F. The van der Waals surface area contributed by atoms with Gasteiger partial charge in [-0.3, -0.25) is 4.98 Å². The van der Waals surface area contributed by atoms with Gasteiger partial charge in [0, 0.05) is 16.9 Å². The molecule has 8 heteroatoms. The molecule has 0 atom stereocenters. The van der Waals surface area contributed by atoms with Crippen LogP contribution in [0.4, 0.5) is 8.78 Å². The highest BCUT2D eigenvalue weighted by molar-refractivity contribution is 9.10. The van der Waals surface area contributed by atoms with Crippen molar-refractivity contribution < 1.29 is 18.3 Å². The average Bonchev–Trinajstić information content (AvgIpc) is 2.47. The Morgan fingerprint density at radius 2 is 2.19 bits per heavy atom. The molecule has 2 heterocycles.